The van der Waals surface area contributed by atoms with Crippen molar-refractivity contribution in [3.05, 3.63) is 144 Å². The van der Waals surface area contributed by atoms with E-state index in [4.69, 9.17) is 0 Å². The van der Waals surface area contributed by atoms with Gasteiger partial charge in [0, 0.05) is 28.4 Å². The molecule has 2 nitrogen and oxygen atoms in total. The van der Waals surface area contributed by atoms with Crippen molar-refractivity contribution in [3.63, 3.8) is 0 Å². The number of methoxy groups -OCH3 is 2. The van der Waals surface area contributed by atoms with E-state index in [0.29, 0.717) is 0 Å². The average Bonchev–Trinajstić information content (AvgIpc) is 2.83. The van der Waals surface area contributed by atoms with E-state index in [1.165, 1.54) is 22.3 Å². The predicted molar refractivity (Wildman–Crippen MR) is 144 cm³/mol. The molecule has 0 aliphatic rings. The van der Waals surface area contributed by atoms with E-state index in [-0.39, 0.29) is 0 Å². The molecule has 0 spiro atoms. The third kappa shape index (κ3) is 19.2. The summed E-state index contributed by atoms with van der Waals surface area (Å²) in [5.41, 5.74) is 5.38. The Morgan fingerprint density at radius 1 is 0.394 bits per heavy atom. The van der Waals surface area contributed by atoms with E-state index >= 15 is 0 Å². The average molecular weight is 445 g/mol. The summed E-state index contributed by atoms with van der Waals surface area (Å²) in [6.45, 7) is 4.17. The van der Waals surface area contributed by atoms with Crippen molar-refractivity contribution in [2.75, 3.05) is 28.4 Å². The maximum atomic E-state index is 4.25. The van der Waals surface area contributed by atoms with Crippen molar-refractivity contribution in [1.82, 2.24) is 0 Å². The Kier molecular flexibility index (Phi) is 19.9. The second-order valence-corrected chi connectivity index (χ2v) is 7.27. The van der Waals surface area contributed by atoms with Gasteiger partial charge in [-0.05, 0) is 31.4 Å². The van der Waals surface area contributed by atoms with E-state index < -0.39 is 0 Å². The molecule has 0 bridgehead atoms. The van der Waals surface area contributed by atoms with Crippen LogP contribution in [0.1, 0.15) is 22.3 Å². The molecule has 0 N–H and O–H groups in total. The number of benzene rings is 4. The summed E-state index contributed by atoms with van der Waals surface area (Å²) in [4.78, 5) is 0. The molecular weight excluding hydrogens is 404 g/mol. The molecule has 0 heterocycles. The fraction of sp³-hybridized carbons (Fsp3) is 0.226. The molecule has 0 saturated carbocycles. The van der Waals surface area contributed by atoms with Crippen LogP contribution in [-0.2, 0) is 15.9 Å². The summed E-state index contributed by atoms with van der Waals surface area (Å²) < 4.78 is 8.50. The molecule has 0 saturated heterocycles. The summed E-state index contributed by atoms with van der Waals surface area (Å²) in [7, 11) is 6.50. The molecule has 0 amide bonds. The standard InChI is InChI=1S/C13H12.2C7H8.2C2H6O/c1-3-7-12(8-4-1)11-13-9-5-2-6-10-13;2*1-7-5-3-2-4-6-7;2*1-3-2/h1-10H,11H2;2*2-6H,1H3;2*1-2H3. The van der Waals surface area contributed by atoms with E-state index in [1.807, 2.05) is 36.4 Å². The van der Waals surface area contributed by atoms with Crippen LogP contribution in [0.25, 0.3) is 0 Å². The number of rotatable bonds is 2. The minimum atomic E-state index is 1.03. The largest absolute Gasteiger partial charge is 0.388 e. The van der Waals surface area contributed by atoms with Gasteiger partial charge >= 0.3 is 0 Å². The summed E-state index contributed by atoms with van der Waals surface area (Å²) in [6.07, 6.45) is 1.03. The van der Waals surface area contributed by atoms with Gasteiger partial charge in [0.15, 0.2) is 0 Å². The van der Waals surface area contributed by atoms with Gasteiger partial charge in [-0.2, -0.15) is 0 Å². The predicted octanol–water partition coefficient (Wildman–Crippen LogP) is 7.79. The maximum absolute atomic E-state index is 4.25. The van der Waals surface area contributed by atoms with Crippen molar-refractivity contribution in [2.45, 2.75) is 20.3 Å². The molecule has 176 valence electrons. The van der Waals surface area contributed by atoms with Crippen molar-refractivity contribution >= 4 is 0 Å². The maximum Gasteiger partial charge on any atom is 0.0351 e. The first-order valence-corrected chi connectivity index (χ1v) is 11.0. The molecule has 0 fully saturated rings. The fourth-order valence-corrected chi connectivity index (χ4v) is 2.50. The van der Waals surface area contributed by atoms with Crippen molar-refractivity contribution in [1.29, 1.82) is 0 Å². The molecule has 4 aromatic carbocycles. The molecule has 0 atom stereocenters. The Morgan fingerprint density at radius 2 is 0.606 bits per heavy atom. The summed E-state index contributed by atoms with van der Waals surface area (Å²) in [6, 6.07) is 41.6. The molecular formula is C31H40O2. The lowest BCUT2D eigenvalue weighted by atomic mass is 10.1. The molecule has 0 aromatic heterocycles. The summed E-state index contributed by atoms with van der Waals surface area (Å²) in [5, 5.41) is 0. The fourth-order valence-electron chi connectivity index (χ4n) is 2.50. The highest BCUT2D eigenvalue weighted by molar-refractivity contribution is 5.25. The minimum absolute atomic E-state index is 1.03. The highest BCUT2D eigenvalue weighted by Gasteiger charge is 1.92. The molecule has 2 heteroatoms. The van der Waals surface area contributed by atoms with Crippen LogP contribution in [0, 0.1) is 13.8 Å². The Bertz CT molecular complexity index is 800. The first-order chi connectivity index (χ1) is 16.1. The van der Waals surface area contributed by atoms with Crippen molar-refractivity contribution in [3.8, 4) is 0 Å². The Morgan fingerprint density at radius 3 is 0.788 bits per heavy atom. The molecule has 33 heavy (non-hydrogen) atoms. The third-order valence-electron chi connectivity index (χ3n) is 3.97. The lowest BCUT2D eigenvalue weighted by Crippen LogP contribution is -1.85. The van der Waals surface area contributed by atoms with E-state index in [9.17, 15) is 0 Å². The van der Waals surface area contributed by atoms with Crippen LogP contribution in [0.5, 0.6) is 0 Å². The van der Waals surface area contributed by atoms with Gasteiger partial charge in [-0.15, -0.1) is 0 Å². The van der Waals surface area contributed by atoms with Crippen molar-refractivity contribution < 1.29 is 9.47 Å². The van der Waals surface area contributed by atoms with Crippen LogP contribution in [-0.4, -0.2) is 28.4 Å². The van der Waals surface area contributed by atoms with Gasteiger partial charge in [0.2, 0.25) is 0 Å². The van der Waals surface area contributed by atoms with Gasteiger partial charge < -0.3 is 9.47 Å². The minimum Gasteiger partial charge on any atom is -0.388 e. The zero-order chi connectivity index (χ0) is 24.6. The Labute approximate surface area is 201 Å². The van der Waals surface area contributed by atoms with Crippen LogP contribution in [0.15, 0.2) is 121 Å². The first kappa shape index (κ1) is 29.8. The number of hydrogen-bond acceptors (Lipinski definition) is 2. The monoisotopic (exact) mass is 444 g/mol. The van der Waals surface area contributed by atoms with Gasteiger partial charge in [-0.25, -0.2) is 0 Å². The van der Waals surface area contributed by atoms with Crippen LogP contribution < -0.4 is 0 Å². The van der Waals surface area contributed by atoms with Crippen LogP contribution >= 0.6 is 0 Å². The SMILES string of the molecule is COC.COC.Cc1ccccc1.Cc1ccccc1.c1ccc(Cc2ccccc2)cc1. The van der Waals surface area contributed by atoms with Gasteiger partial charge in [0.25, 0.3) is 0 Å². The van der Waals surface area contributed by atoms with Crippen molar-refractivity contribution in [2.24, 2.45) is 0 Å². The molecule has 4 aromatic rings. The molecule has 0 unspecified atom stereocenters. The highest BCUT2D eigenvalue weighted by Crippen LogP contribution is 2.07. The van der Waals surface area contributed by atoms with E-state index in [1.54, 1.807) is 28.4 Å². The molecule has 0 aliphatic heterocycles. The normalized spacial score (nSPS) is 8.67. The number of ether oxygens (including phenoxy) is 2. The third-order valence-corrected chi connectivity index (χ3v) is 3.97. The topological polar surface area (TPSA) is 18.5 Å². The van der Waals surface area contributed by atoms with Crippen LogP contribution in [0.3, 0.4) is 0 Å². The van der Waals surface area contributed by atoms with Gasteiger partial charge in [-0.3, -0.25) is 0 Å². The van der Waals surface area contributed by atoms with Gasteiger partial charge in [0.1, 0.15) is 0 Å². The zero-order valence-electron chi connectivity index (χ0n) is 21.1. The lowest BCUT2D eigenvalue weighted by Gasteiger charge is -2.00. The summed E-state index contributed by atoms with van der Waals surface area (Å²) in [5.74, 6) is 0. The highest BCUT2D eigenvalue weighted by atomic mass is 16.5. The van der Waals surface area contributed by atoms with Crippen LogP contribution in [0.2, 0.25) is 0 Å². The Balaban J connectivity index is 0.000000439. The molecule has 4 rings (SSSR count). The van der Waals surface area contributed by atoms with Gasteiger partial charge in [0.05, 0.1) is 0 Å². The number of aryl methyl sites for hydroxylation is 2. The molecule has 0 radical (unpaired) electrons. The van der Waals surface area contributed by atoms with Gasteiger partial charge in [-0.1, -0.05) is 132 Å². The second kappa shape index (κ2) is 22.0. The quantitative estimate of drug-likeness (QED) is 0.314. The smallest absolute Gasteiger partial charge is 0.0351 e. The van der Waals surface area contributed by atoms with E-state index in [2.05, 4.69) is 108 Å². The second-order valence-electron chi connectivity index (χ2n) is 7.27. The molecule has 0 aliphatic carbocycles. The van der Waals surface area contributed by atoms with Crippen LogP contribution in [0.4, 0.5) is 0 Å². The lowest BCUT2D eigenvalue weighted by molar-refractivity contribution is 0.277. The first-order valence-electron chi connectivity index (χ1n) is 11.0. The number of hydrogen-bond donors (Lipinski definition) is 0. The van der Waals surface area contributed by atoms with E-state index in [0.717, 1.165) is 6.42 Å². The Hall–Kier alpha value is -3.20. The summed E-state index contributed by atoms with van der Waals surface area (Å²) >= 11 is 0. The zero-order valence-corrected chi connectivity index (χ0v) is 21.1.